The molecule has 0 heterocycles. The molecular weight excluding hydrogens is 260 g/mol. The Balaban J connectivity index is 2.14. The largest absolute Gasteiger partial charge is 0.454 e. The molecule has 0 aliphatic heterocycles. The quantitative estimate of drug-likeness (QED) is 0.885. The van der Waals surface area contributed by atoms with Crippen LogP contribution < -0.4 is 10.1 Å². The van der Waals surface area contributed by atoms with E-state index < -0.39 is 5.82 Å². The van der Waals surface area contributed by atoms with Crippen LogP contribution >= 0.6 is 0 Å². The van der Waals surface area contributed by atoms with Crippen molar-refractivity contribution in [2.45, 2.75) is 20.4 Å². The molecule has 0 saturated heterocycles. The van der Waals surface area contributed by atoms with Crippen molar-refractivity contribution in [3.05, 3.63) is 59.2 Å². The normalized spacial score (nSPS) is 10.6. The van der Waals surface area contributed by atoms with Crippen molar-refractivity contribution >= 4 is 0 Å². The number of benzene rings is 2. The predicted molar refractivity (Wildman–Crippen MR) is 75.0 cm³/mol. The summed E-state index contributed by atoms with van der Waals surface area (Å²) >= 11 is 0. The second-order valence-corrected chi connectivity index (χ2v) is 4.56. The summed E-state index contributed by atoms with van der Waals surface area (Å²) in [7, 11) is 0. The van der Waals surface area contributed by atoms with E-state index in [0.717, 1.165) is 12.1 Å². The Kier molecular flexibility index (Phi) is 4.69. The molecule has 0 saturated carbocycles. The van der Waals surface area contributed by atoms with Crippen LogP contribution in [0.15, 0.2) is 36.4 Å². The highest BCUT2D eigenvalue weighted by molar-refractivity contribution is 5.36. The molecule has 0 aromatic heterocycles. The Morgan fingerprint density at radius 1 is 1.05 bits per heavy atom. The third kappa shape index (κ3) is 3.54. The molecule has 2 rings (SSSR count). The Morgan fingerprint density at radius 2 is 1.85 bits per heavy atom. The second-order valence-electron chi connectivity index (χ2n) is 4.56. The van der Waals surface area contributed by atoms with Gasteiger partial charge in [0.15, 0.2) is 11.6 Å². The van der Waals surface area contributed by atoms with Crippen molar-refractivity contribution in [2.75, 3.05) is 6.54 Å². The minimum atomic E-state index is -0.457. The third-order valence-corrected chi connectivity index (χ3v) is 2.95. The smallest absolute Gasteiger partial charge is 0.166 e. The first kappa shape index (κ1) is 14.5. The lowest BCUT2D eigenvalue weighted by Crippen LogP contribution is -2.11. The van der Waals surface area contributed by atoms with Crippen molar-refractivity contribution in [1.29, 1.82) is 0 Å². The Morgan fingerprint density at radius 3 is 2.50 bits per heavy atom. The highest BCUT2D eigenvalue weighted by Gasteiger charge is 2.07. The minimum Gasteiger partial charge on any atom is -0.454 e. The summed E-state index contributed by atoms with van der Waals surface area (Å²) < 4.78 is 32.7. The summed E-state index contributed by atoms with van der Waals surface area (Å²) in [6.45, 7) is 5.07. The van der Waals surface area contributed by atoms with Crippen LogP contribution in [-0.4, -0.2) is 6.54 Å². The molecule has 4 heteroatoms. The van der Waals surface area contributed by atoms with E-state index in [1.54, 1.807) is 31.2 Å². The van der Waals surface area contributed by atoms with Gasteiger partial charge in [0.1, 0.15) is 11.6 Å². The lowest BCUT2D eigenvalue weighted by molar-refractivity contribution is 0.437. The molecular formula is C16H17F2NO. The van der Waals surface area contributed by atoms with Gasteiger partial charge in [-0.1, -0.05) is 19.1 Å². The molecule has 0 fully saturated rings. The molecule has 0 aliphatic rings. The van der Waals surface area contributed by atoms with Gasteiger partial charge in [-0.25, -0.2) is 8.78 Å². The number of hydrogen-bond donors (Lipinski definition) is 1. The van der Waals surface area contributed by atoms with E-state index >= 15 is 0 Å². The SMILES string of the molecule is CCNCc1ccc(Oc2ccc(C)c(F)c2)c(F)c1. The summed E-state index contributed by atoms with van der Waals surface area (Å²) in [6, 6.07) is 9.22. The first-order valence-electron chi connectivity index (χ1n) is 6.53. The average molecular weight is 277 g/mol. The molecule has 0 aliphatic carbocycles. The summed E-state index contributed by atoms with van der Waals surface area (Å²) in [5, 5.41) is 3.12. The van der Waals surface area contributed by atoms with Crippen LogP contribution in [0.2, 0.25) is 0 Å². The van der Waals surface area contributed by atoms with Crippen molar-refractivity contribution in [3.8, 4) is 11.5 Å². The van der Waals surface area contributed by atoms with E-state index in [1.807, 2.05) is 6.92 Å². The van der Waals surface area contributed by atoms with Gasteiger partial charge >= 0.3 is 0 Å². The van der Waals surface area contributed by atoms with Crippen LogP contribution in [0.5, 0.6) is 11.5 Å². The molecule has 0 bridgehead atoms. The number of ether oxygens (including phenoxy) is 1. The maximum atomic E-state index is 13.9. The number of rotatable bonds is 5. The first-order chi connectivity index (χ1) is 9.60. The van der Waals surface area contributed by atoms with E-state index in [9.17, 15) is 8.78 Å². The molecule has 0 unspecified atom stereocenters. The lowest BCUT2D eigenvalue weighted by atomic mass is 10.2. The molecule has 0 spiro atoms. The van der Waals surface area contributed by atoms with Crippen LogP contribution in [0, 0.1) is 18.6 Å². The van der Waals surface area contributed by atoms with Gasteiger partial charge in [0.05, 0.1) is 0 Å². The fourth-order valence-electron chi connectivity index (χ4n) is 1.77. The van der Waals surface area contributed by atoms with Crippen LogP contribution in [0.4, 0.5) is 8.78 Å². The Labute approximate surface area is 117 Å². The zero-order valence-corrected chi connectivity index (χ0v) is 11.5. The lowest BCUT2D eigenvalue weighted by Gasteiger charge is -2.09. The summed E-state index contributed by atoms with van der Waals surface area (Å²) in [5.74, 6) is -0.451. The molecule has 0 atom stereocenters. The number of aryl methyl sites for hydroxylation is 1. The van der Waals surface area contributed by atoms with Crippen LogP contribution in [0.25, 0.3) is 0 Å². The molecule has 2 aromatic carbocycles. The fraction of sp³-hybridized carbons (Fsp3) is 0.250. The van der Waals surface area contributed by atoms with Crippen molar-refractivity contribution in [1.82, 2.24) is 5.32 Å². The van der Waals surface area contributed by atoms with Crippen molar-refractivity contribution < 1.29 is 13.5 Å². The van der Waals surface area contributed by atoms with Gasteiger partial charge in [-0.15, -0.1) is 0 Å². The van der Waals surface area contributed by atoms with Gasteiger partial charge in [-0.3, -0.25) is 0 Å². The van der Waals surface area contributed by atoms with Gasteiger partial charge < -0.3 is 10.1 Å². The van der Waals surface area contributed by atoms with Crippen molar-refractivity contribution in [2.24, 2.45) is 0 Å². The summed E-state index contributed by atoms with van der Waals surface area (Å²) in [5.41, 5.74) is 1.37. The van der Waals surface area contributed by atoms with Gasteiger partial charge in [0, 0.05) is 12.6 Å². The molecule has 106 valence electrons. The Hall–Kier alpha value is -1.94. The van der Waals surface area contributed by atoms with E-state index in [-0.39, 0.29) is 17.3 Å². The third-order valence-electron chi connectivity index (χ3n) is 2.95. The molecule has 20 heavy (non-hydrogen) atoms. The van der Waals surface area contributed by atoms with Gasteiger partial charge in [-0.05, 0) is 42.8 Å². The number of nitrogens with one attached hydrogen (secondary N) is 1. The number of halogens is 2. The first-order valence-corrected chi connectivity index (χ1v) is 6.53. The van der Waals surface area contributed by atoms with Crippen molar-refractivity contribution in [3.63, 3.8) is 0 Å². The molecule has 0 radical (unpaired) electrons. The standard InChI is InChI=1S/C16H17F2NO/c1-3-19-10-12-5-7-16(15(18)8-12)20-13-6-4-11(2)14(17)9-13/h4-9,19H,3,10H2,1-2H3. The summed E-state index contributed by atoms with van der Waals surface area (Å²) in [6.07, 6.45) is 0. The molecule has 0 amide bonds. The zero-order chi connectivity index (χ0) is 14.5. The van der Waals surface area contributed by atoms with E-state index in [0.29, 0.717) is 12.1 Å². The predicted octanol–water partition coefficient (Wildman–Crippen LogP) is 4.18. The second kappa shape index (κ2) is 6.48. The van der Waals surface area contributed by atoms with Gasteiger partial charge in [0.2, 0.25) is 0 Å². The topological polar surface area (TPSA) is 21.3 Å². The summed E-state index contributed by atoms with van der Waals surface area (Å²) in [4.78, 5) is 0. The van der Waals surface area contributed by atoms with Crippen LogP contribution in [0.1, 0.15) is 18.1 Å². The Bertz CT molecular complexity index is 599. The van der Waals surface area contributed by atoms with Crippen LogP contribution in [0.3, 0.4) is 0 Å². The average Bonchev–Trinajstić information content (AvgIpc) is 2.43. The monoisotopic (exact) mass is 277 g/mol. The maximum absolute atomic E-state index is 13.9. The van der Waals surface area contributed by atoms with E-state index in [2.05, 4.69) is 5.32 Å². The van der Waals surface area contributed by atoms with Gasteiger partial charge in [-0.2, -0.15) is 0 Å². The molecule has 1 N–H and O–H groups in total. The fourth-order valence-corrected chi connectivity index (χ4v) is 1.77. The maximum Gasteiger partial charge on any atom is 0.166 e. The highest BCUT2D eigenvalue weighted by Crippen LogP contribution is 2.26. The van der Waals surface area contributed by atoms with Gasteiger partial charge in [0.25, 0.3) is 0 Å². The number of hydrogen-bond acceptors (Lipinski definition) is 2. The van der Waals surface area contributed by atoms with E-state index in [4.69, 9.17) is 4.74 Å². The molecule has 2 aromatic rings. The minimum absolute atomic E-state index is 0.0912. The van der Waals surface area contributed by atoms with E-state index in [1.165, 1.54) is 12.1 Å². The van der Waals surface area contributed by atoms with Crippen LogP contribution in [-0.2, 0) is 6.54 Å². The highest BCUT2D eigenvalue weighted by atomic mass is 19.1. The molecule has 2 nitrogen and oxygen atoms in total. The zero-order valence-electron chi connectivity index (χ0n) is 11.5.